The number of benzene rings is 1. The molecule has 8 nitrogen and oxygen atoms in total. The number of sulfonamides is 1. The van der Waals surface area contributed by atoms with E-state index in [9.17, 15) is 18.0 Å². The first-order chi connectivity index (χ1) is 13.3. The van der Waals surface area contributed by atoms with Gasteiger partial charge in [0.2, 0.25) is 15.9 Å². The molecule has 0 saturated carbocycles. The Morgan fingerprint density at radius 1 is 1.32 bits per heavy atom. The lowest BCUT2D eigenvalue weighted by Crippen LogP contribution is -2.43. The van der Waals surface area contributed by atoms with Gasteiger partial charge in [0.15, 0.2) is 0 Å². The van der Waals surface area contributed by atoms with Gasteiger partial charge in [0.25, 0.3) is 0 Å². The van der Waals surface area contributed by atoms with E-state index in [-0.39, 0.29) is 35.6 Å². The van der Waals surface area contributed by atoms with E-state index in [2.05, 4.69) is 9.62 Å². The fourth-order valence-corrected chi connectivity index (χ4v) is 4.37. The maximum atomic E-state index is 12.5. The van der Waals surface area contributed by atoms with Gasteiger partial charge in [-0.3, -0.25) is 9.69 Å². The Morgan fingerprint density at radius 3 is 2.75 bits per heavy atom. The molecule has 0 radical (unpaired) electrons. The molecule has 0 bridgehead atoms. The summed E-state index contributed by atoms with van der Waals surface area (Å²) < 4.78 is 32.4. The quantitative estimate of drug-likeness (QED) is 0.483. The van der Waals surface area contributed by atoms with Crippen LogP contribution in [0.3, 0.4) is 0 Å². The molecular weight excluding hydrogens is 382 g/mol. The number of likely N-dealkylation sites (N-methyl/N-ethyl adjacent to an activating group) is 1. The van der Waals surface area contributed by atoms with Crippen molar-refractivity contribution < 1.29 is 22.7 Å². The molecule has 0 aromatic heterocycles. The predicted molar refractivity (Wildman–Crippen MR) is 105 cm³/mol. The molecule has 1 heterocycles. The fraction of sp³-hybridized carbons (Fsp3) is 0.579. The molecule has 1 fully saturated rings. The highest BCUT2D eigenvalue weighted by Gasteiger charge is 2.31. The highest BCUT2D eigenvalue weighted by atomic mass is 32.2. The zero-order valence-electron chi connectivity index (χ0n) is 16.7. The van der Waals surface area contributed by atoms with Crippen LogP contribution >= 0.6 is 0 Å². The topological polar surface area (TPSA) is 96.0 Å². The molecule has 1 aromatic carbocycles. The van der Waals surface area contributed by atoms with Crippen LogP contribution < -0.4 is 4.72 Å². The van der Waals surface area contributed by atoms with E-state index >= 15 is 0 Å². The van der Waals surface area contributed by atoms with Crippen molar-refractivity contribution in [3.05, 3.63) is 29.8 Å². The van der Waals surface area contributed by atoms with Crippen molar-refractivity contribution in [2.75, 3.05) is 40.3 Å². The van der Waals surface area contributed by atoms with Crippen LogP contribution in [0.5, 0.6) is 0 Å². The first-order valence-electron chi connectivity index (χ1n) is 9.48. The Kier molecular flexibility index (Phi) is 7.97. The van der Waals surface area contributed by atoms with E-state index in [1.54, 1.807) is 25.9 Å². The van der Waals surface area contributed by atoms with Gasteiger partial charge in [-0.05, 0) is 50.9 Å². The third-order valence-electron chi connectivity index (χ3n) is 4.66. The molecule has 1 unspecified atom stereocenters. The van der Waals surface area contributed by atoms with Crippen LogP contribution in [0.25, 0.3) is 0 Å². The lowest BCUT2D eigenvalue weighted by molar-refractivity contribution is -0.133. The number of amides is 1. The summed E-state index contributed by atoms with van der Waals surface area (Å²) in [4.78, 5) is 27.7. The van der Waals surface area contributed by atoms with Gasteiger partial charge in [0.1, 0.15) is 0 Å². The highest BCUT2D eigenvalue weighted by molar-refractivity contribution is 7.89. The predicted octanol–water partition coefficient (Wildman–Crippen LogP) is 1.08. The van der Waals surface area contributed by atoms with Gasteiger partial charge < -0.3 is 9.64 Å². The maximum absolute atomic E-state index is 12.5. The van der Waals surface area contributed by atoms with Crippen molar-refractivity contribution in [3.63, 3.8) is 0 Å². The lowest BCUT2D eigenvalue weighted by atomic mass is 10.2. The Labute approximate surface area is 166 Å². The number of ether oxygens (including phenoxy) is 1. The van der Waals surface area contributed by atoms with Crippen LogP contribution in [0.2, 0.25) is 0 Å². The molecule has 28 heavy (non-hydrogen) atoms. The molecule has 1 aliphatic heterocycles. The molecule has 1 amide bonds. The van der Waals surface area contributed by atoms with E-state index in [1.807, 2.05) is 0 Å². The summed E-state index contributed by atoms with van der Waals surface area (Å²) >= 11 is 0. The molecule has 1 saturated heterocycles. The van der Waals surface area contributed by atoms with Gasteiger partial charge in [0, 0.05) is 27.2 Å². The number of nitrogens with zero attached hydrogens (tertiary/aromatic N) is 2. The first kappa shape index (κ1) is 22.3. The van der Waals surface area contributed by atoms with Crippen LogP contribution in [0.1, 0.15) is 36.5 Å². The number of hydrogen-bond acceptors (Lipinski definition) is 6. The average Bonchev–Trinajstić information content (AvgIpc) is 3.13. The molecule has 1 N–H and O–H groups in total. The van der Waals surface area contributed by atoms with Crippen LogP contribution in [-0.2, 0) is 19.6 Å². The van der Waals surface area contributed by atoms with Gasteiger partial charge in [-0.25, -0.2) is 17.9 Å². The second kappa shape index (κ2) is 9.99. The molecule has 0 aliphatic carbocycles. The van der Waals surface area contributed by atoms with Crippen LogP contribution in [-0.4, -0.2) is 76.5 Å². The summed E-state index contributed by atoms with van der Waals surface area (Å²) in [5.41, 5.74) is 0.201. The minimum absolute atomic E-state index is 0.0277. The van der Waals surface area contributed by atoms with Gasteiger partial charge in [-0.15, -0.1) is 0 Å². The fourth-order valence-electron chi connectivity index (χ4n) is 3.25. The van der Waals surface area contributed by atoms with E-state index in [4.69, 9.17) is 4.74 Å². The van der Waals surface area contributed by atoms with Crippen LogP contribution in [0.4, 0.5) is 0 Å². The van der Waals surface area contributed by atoms with Gasteiger partial charge in [-0.1, -0.05) is 6.07 Å². The molecule has 2 rings (SSSR count). The molecular formula is C19H29N3O5S. The normalized spacial score (nSPS) is 17.5. The molecule has 0 spiro atoms. The number of carbonyl (C=O) groups is 2. The number of esters is 1. The Balaban J connectivity index is 1.89. The number of hydrogen-bond donors (Lipinski definition) is 1. The zero-order chi connectivity index (χ0) is 20.7. The van der Waals surface area contributed by atoms with Gasteiger partial charge >= 0.3 is 5.97 Å². The minimum atomic E-state index is -3.72. The summed E-state index contributed by atoms with van der Waals surface area (Å²) in [6.45, 7) is 3.67. The third-order valence-corrected chi connectivity index (χ3v) is 6.12. The molecule has 9 heteroatoms. The minimum Gasteiger partial charge on any atom is -0.462 e. The molecule has 1 atom stereocenters. The van der Waals surface area contributed by atoms with E-state index in [0.717, 1.165) is 19.4 Å². The van der Waals surface area contributed by atoms with E-state index < -0.39 is 16.0 Å². The summed E-state index contributed by atoms with van der Waals surface area (Å²) in [5.74, 6) is -0.459. The molecule has 1 aromatic rings. The Morgan fingerprint density at radius 2 is 2.07 bits per heavy atom. The van der Waals surface area contributed by atoms with Gasteiger partial charge in [0.05, 0.1) is 23.1 Å². The number of nitrogens with one attached hydrogen (secondary N) is 1. The SMILES string of the molecule is CCOC(=O)c1cccc(S(=O)(=O)NCCCN2CCCC2C(=O)N(C)C)c1. The molecule has 156 valence electrons. The van der Waals surface area contributed by atoms with Crippen LogP contribution in [0.15, 0.2) is 29.2 Å². The number of rotatable bonds is 9. The lowest BCUT2D eigenvalue weighted by Gasteiger charge is -2.26. The second-order valence-corrected chi connectivity index (χ2v) is 8.69. The summed E-state index contributed by atoms with van der Waals surface area (Å²) in [6, 6.07) is 5.67. The second-order valence-electron chi connectivity index (χ2n) is 6.93. The summed E-state index contributed by atoms with van der Waals surface area (Å²) in [7, 11) is -0.227. The Bertz CT molecular complexity index is 795. The monoisotopic (exact) mass is 411 g/mol. The standard InChI is InChI=1S/C19H29N3O5S/c1-4-27-19(24)15-8-5-9-16(14-15)28(25,26)20-11-7-13-22-12-6-10-17(22)18(23)21(2)3/h5,8-9,14,17,20H,4,6-7,10-13H2,1-3H3. The van der Waals surface area contributed by atoms with Crippen molar-refractivity contribution in [3.8, 4) is 0 Å². The number of likely N-dealkylation sites (tertiary alicyclic amines) is 1. The van der Waals surface area contributed by atoms with Crippen LogP contribution in [0, 0.1) is 0 Å². The third kappa shape index (κ3) is 5.76. The largest absolute Gasteiger partial charge is 0.462 e. The van der Waals surface area contributed by atoms with Crippen molar-refractivity contribution >= 4 is 21.9 Å². The van der Waals surface area contributed by atoms with Crippen molar-refractivity contribution in [2.24, 2.45) is 0 Å². The first-order valence-corrected chi connectivity index (χ1v) is 11.0. The van der Waals surface area contributed by atoms with Crippen molar-refractivity contribution in [1.82, 2.24) is 14.5 Å². The van der Waals surface area contributed by atoms with Crippen molar-refractivity contribution in [1.29, 1.82) is 0 Å². The Hall–Kier alpha value is -1.97. The smallest absolute Gasteiger partial charge is 0.338 e. The van der Waals surface area contributed by atoms with E-state index in [0.29, 0.717) is 13.0 Å². The number of carbonyl (C=O) groups excluding carboxylic acids is 2. The van der Waals surface area contributed by atoms with Crippen molar-refractivity contribution in [2.45, 2.75) is 37.1 Å². The summed E-state index contributed by atoms with van der Waals surface area (Å²) in [5, 5.41) is 0. The zero-order valence-corrected chi connectivity index (χ0v) is 17.5. The highest BCUT2D eigenvalue weighted by Crippen LogP contribution is 2.19. The molecule has 1 aliphatic rings. The van der Waals surface area contributed by atoms with Gasteiger partial charge in [-0.2, -0.15) is 0 Å². The summed E-state index contributed by atoms with van der Waals surface area (Å²) in [6.07, 6.45) is 2.40. The average molecular weight is 412 g/mol. The maximum Gasteiger partial charge on any atom is 0.338 e. The van der Waals surface area contributed by atoms with E-state index in [1.165, 1.54) is 24.3 Å².